The van der Waals surface area contributed by atoms with Crippen LogP contribution in [0.25, 0.3) is 0 Å². The van der Waals surface area contributed by atoms with Gasteiger partial charge in [0.2, 0.25) is 0 Å². The minimum Gasteiger partial charge on any atom is -0.463 e. The van der Waals surface area contributed by atoms with E-state index in [4.69, 9.17) is 9.47 Å². The molecule has 4 heteroatoms. The van der Waals surface area contributed by atoms with Crippen molar-refractivity contribution in [3.05, 3.63) is 35.9 Å². The summed E-state index contributed by atoms with van der Waals surface area (Å²) in [5.74, 6) is -0.334. The SMILES string of the molecule is CC(=O)C[C@H](CC(=O)OC(C)C)OCc1ccccc1. The smallest absolute Gasteiger partial charge is 0.308 e. The van der Waals surface area contributed by atoms with E-state index in [9.17, 15) is 9.59 Å². The van der Waals surface area contributed by atoms with Crippen LogP contribution >= 0.6 is 0 Å². The van der Waals surface area contributed by atoms with E-state index >= 15 is 0 Å². The number of rotatable bonds is 8. The summed E-state index contributed by atoms with van der Waals surface area (Å²) >= 11 is 0. The summed E-state index contributed by atoms with van der Waals surface area (Å²) in [5.41, 5.74) is 1.01. The van der Waals surface area contributed by atoms with E-state index in [1.165, 1.54) is 6.92 Å². The Kier molecular flexibility index (Phi) is 6.94. The van der Waals surface area contributed by atoms with Crippen molar-refractivity contribution in [3.8, 4) is 0 Å². The summed E-state index contributed by atoms with van der Waals surface area (Å²) < 4.78 is 10.8. The molecule has 0 aliphatic rings. The molecule has 0 spiro atoms. The van der Waals surface area contributed by atoms with Crippen LogP contribution in [0, 0.1) is 0 Å². The van der Waals surface area contributed by atoms with Gasteiger partial charge in [0.1, 0.15) is 5.78 Å². The molecule has 110 valence electrons. The number of ketones is 1. The predicted molar refractivity (Wildman–Crippen MR) is 76.2 cm³/mol. The number of Topliss-reactive ketones (excluding diaryl/α,β-unsaturated/α-hetero) is 1. The van der Waals surface area contributed by atoms with Gasteiger partial charge in [-0.1, -0.05) is 30.3 Å². The Labute approximate surface area is 120 Å². The molecule has 1 aromatic carbocycles. The van der Waals surface area contributed by atoms with E-state index in [2.05, 4.69) is 0 Å². The quantitative estimate of drug-likeness (QED) is 0.686. The number of benzene rings is 1. The Bertz CT molecular complexity index is 425. The molecule has 0 unspecified atom stereocenters. The molecule has 0 aliphatic heterocycles. The fraction of sp³-hybridized carbons (Fsp3) is 0.500. The van der Waals surface area contributed by atoms with Gasteiger partial charge in [-0.2, -0.15) is 0 Å². The van der Waals surface area contributed by atoms with Crippen LogP contribution in [0.1, 0.15) is 39.2 Å². The fourth-order valence-corrected chi connectivity index (χ4v) is 1.80. The predicted octanol–water partition coefficient (Wildman–Crippen LogP) is 2.89. The molecule has 0 fully saturated rings. The van der Waals surface area contributed by atoms with Crippen molar-refractivity contribution in [2.75, 3.05) is 0 Å². The van der Waals surface area contributed by atoms with Gasteiger partial charge in [0, 0.05) is 6.42 Å². The van der Waals surface area contributed by atoms with Crippen molar-refractivity contribution in [2.45, 2.75) is 52.4 Å². The zero-order valence-electron chi connectivity index (χ0n) is 12.3. The molecule has 0 aliphatic carbocycles. The molecule has 4 nitrogen and oxygen atoms in total. The topological polar surface area (TPSA) is 52.6 Å². The normalized spacial score (nSPS) is 12.2. The zero-order valence-corrected chi connectivity index (χ0v) is 12.3. The van der Waals surface area contributed by atoms with Crippen molar-refractivity contribution in [3.63, 3.8) is 0 Å². The first-order valence-corrected chi connectivity index (χ1v) is 6.81. The van der Waals surface area contributed by atoms with Crippen molar-refractivity contribution in [1.82, 2.24) is 0 Å². The second kappa shape index (κ2) is 8.48. The van der Waals surface area contributed by atoms with Crippen LogP contribution in [-0.2, 0) is 25.7 Å². The van der Waals surface area contributed by atoms with Crippen LogP contribution in [0.5, 0.6) is 0 Å². The highest BCUT2D eigenvalue weighted by molar-refractivity contribution is 5.77. The monoisotopic (exact) mass is 278 g/mol. The molecule has 0 N–H and O–H groups in total. The summed E-state index contributed by atoms with van der Waals surface area (Å²) in [6.45, 7) is 5.46. The molecule has 0 aromatic heterocycles. The third kappa shape index (κ3) is 7.04. The molecule has 0 heterocycles. The van der Waals surface area contributed by atoms with Gasteiger partial charge >= 0.3 is 5.97 Å². The van der Waals surface area contributed by atoms with Crippen LogP contribution in [0.2, 0.25) is 0 Å². The first-order chi connectivity index (χ1) is 9.47. The molecule has 1 aromatic rings. The lowest BCUT2D eigenvalue weighted by Gasteiger charge is -2.17. The number of hydrogen-bond acceptors (Lipinski definition) is 4. The van der Waals surface area contributed by atoms with E-state index in [1.54, 1.807) is 13.8 Å². The maximum atomic E-state index is 11.6. The summed E-state index contributed by atoms with van der Waals surface area (Å²) in [5, 5.41) is 0. The first-order valence-electron chi connectivity index (χ1n) is 6.81. The van der Waals surface area contributed by atoms with Crippen molar-refractivity contribution in [2.24, 2.45) is 0 Å². The van der Waals surface area contributed by atoms with E-state index in [0.29, 0.717) is 6.61 Å². The second-order valence-electron chi connectivity index (χ2n) is 5.07. The molecule has 0 saturated heterocycles. The largest absolute Gasteiger partial charge is 0.463 e. The summed E-state index contributed by atoms with van der Waals surface area (Å²) in [4.78, 5) is 22.9. The average Bonchev–Trinajstić information content (AvgIpc) is 2.35. The maximum absolute atomic E-state index is 11.6. The molecule has 0 radical (unpaired) electrons. The summed E-state index contributed by atoms with van der Waals surface area (Å²) in [6, 6.07) is 9.66. The highest BCUT2D eigenvalue weighted by Gasteiger charge is 2.18. The Morgan fingerprint density at radius 1 is 1.10 bits per heavy atom. The number of ether oxygens (including phenoxy) is 2. The van der Waals surface area contributed by atoms with E-state index in [-0.39, 0.29) is 30.7 Å². The van der Waals surface area contributed by atoms with Crippen LogP contribution in [0.15, 0.2) is 30.3 Å². The maximum Gasteiger partial charge on any atom is 0.308 e. The second-order valence-corrected chi connectivity index (χ2v) is 5.07. The summed E-state index contributed by atoms with van der Waals surface area (Å²) in [6.07, 6.45) is -0.265. The third-order valence-corrected chi connectivity index (χ3v) is 2.61. The molecule has 0 saturated carbocycles. The molecule has 0 bridgehead atoms. The van der Waals surface area contributed by atoms with Gasteiger partial charge < -0.3 is 9.47 Å². The standard InChI is InChI=1S/C16H22O4/c1-12(2)20-16(18)10-15(9-13(3)17)19-11-14-7-5-4-6-8-14/h4-8,12,15H,9-11H2,1-3H3/t15-/m1/s1. The molecular formula is C16H22O4. The van der Waals surface area contributed by atoms with Crippen LogP contribution in [-0.4, -0.2) is 24.0 Å². The Morgan fingerprint density at radius 3 is 2.30 bits per heavy atom. The van der Waals surface area contributed by atoms with Gasteiger partial charge in [-0.3, -0.25) is 9.59 Å². The number of carbonyl (C=O) groups excluding carboxylic acids is 2. The van der Waals surface area contributed by atoms with E-state index in [0.717, 1.165) is 5.56 Å². The Hall–Kier alpha value is -1.68. The first kappa shape index (κ1) is 16.4. The summed E-state index contributed by atoms with van der Waals surface area (Å²) in [7, 11) is 0. The Balaban J connectivity index is 2.51. The lowest BCUT2D eigenvalue weighted by molar-refractivity contribution is -0.151. The molecule has 1 atom stereocenters. The van der Waals surface area contributed by atoms with Gasteiger partial charge in [0.05, 0.1) is 25.2 Å². The third-order valence-electron chi connectivity index (χ3n) is 2.61. The van der Waals surface area contributed by atoms with Crippen LogP contribution in [0.3, 0.4) is 0 Å². The number of hydrogen-bond donors (Lipinski definition) is 0. The zero-order chi connectivity index (χ0) is 15.0. The molecular weight excluding hydrogens is 256 g/mol. The van der Waals surface area contributed by atoms with E-state index < -0.39 is 6.10 Å². The van der Waals surface area contributed by atoms with Crippen LogP contribution < -0.4 is 0 Å². The number of carbonyl (C=O) groups is 2. The van der Waals surface area contributed by atoms with Crippen molar-refractivity contribution < 1.29 is 19.1 Å². The van der Waals surface area contributed by atoms with Crippen molar-refractivity contribution >= 4 is 11.8 Å². The Morgan fingerprint density at radius 2 is 1.75 bits per heavy atom. The fourth-order valence-electron chi connectivity index (χ4n) is 1.80. The highest BCUT2D eigenvalue weighted by Crippen LogP contribution is 2.11. The lowest BCUT2D eigenvalue weighted by atomic mass is 10.1. The van der Waals surface area contributed by atoms with Crippen LogP contribution in [0.4, 0.5) is 0 Å². The van der Waals surface area contributed by atoms with E-state index in [1.807, 2.05) is 30.3 Å². The minimum absolute atomic E-state index is 0.000378. The van der Waals surface area contributed by atoms with Gasteiger partial charge in [-0.25, -0.2) is 0 Å². The van der Waals surface area contributed by atoms with Gasteiger partial charge in [-0.15, -0.1) is 0 Å². The van der Waals surface area contributed by atoms with Gasteiger partial charge in [0.25, 0.3) is 0 Å². The minimum atomic E-state index is -0.432. The van der Waals surface area contributed by atoms with Gasteiger partial charge in [-0.05, 0) is 26.3 Å². The highest BCUT2D eigenvalue weighted by atomic mass is 16.5. The van der Waals surface area contributed by atoms with Gasteiger partial charge in [0.15, 0.2) is 0 Å². The molecule has 20 heavy (non-hydrogen) atoms. The number of esters is 1. The average molecular weight is 278 g/mol. The molecule has 1 rings (SSSR count). The van der Waals surface area contributed by atoms with Crippen molar-refractivity contribution in [1.29, 1.82) is 0 Å². The lowest BCUT2D eigenvalue weighted by Crippen LogP contribution is -2.23. The molecule has 0 amide bonds.